The van der Waals surface area contributed by atoms with Gasteiger partial charge in [0.15, 0.2) is 0 Å². The maximum atomic E-state index is 10.6. The molecular weight excluding hydrogens is 190 g/mol. The van der Waals surface area contributed by atoms with E-state index >= 15 is 0 Å². The molecule has 1 rings (SSSR count). The van der Waals surface area contributed by atoms with Crippen molar-refractivity contribution in [2.45, 2.75) is 12.5 Å². The molecule has 0 spiro atoms. The number of primary amides is 1. The molecule has 0 fully saturated rings. The van der Waals surface area contributed by atoms with Gasteiger partial charge < -0.3 is 11.1 Å². The van der Waals surface area contributed by atoms with Crippen LogP contribution in [-0.4, -0.2) is 12.5 Å². The highest BCUT2D eigenvalue weighted by molar-refractivity contribution is 5.75. The molecule has 4 nitrogen and oxygen atoms in total. The normalized spacial score (nSPS) is 11.7. The van der Waals surface area contributed by atoms with Gasteiger partial charge in [0.05, 0.1) is 19.0 Å². The number of nitrogens with two attached hydrogens (primary N) is 1. The minimum Gasteiger partial charge on any atom is -0.369 e. The molecule has 0 radical (unpaired) electrons. The first kappa shape index (κ1) is 11.2. The summed E-state index contributed by atoms with van der Waals surface area (Å²) < 4.78 is 0. The van der Waals surface area contributed by atoms with Gasteiger partial charge in [0, 0.05) is 6.04 Å². The second-order valence-corrected chi connectivity index (χ2v) is 3.17. The SMILES string of the molecule is N#CCC(NCC(N)=O)c1ccccc1. The predicted octanol–water partition coefficient (Wildman–Crippen LogP) is 0.716. The van der Waals surface area contributed by atoms with Crippen LogP contribution in [0.2, 0.25) is 0 Å². The molecule has 0 heterocycles. The van der Waals surface area contributed by atoms with Crippen LogP contribution in [0.15, 0.2) is 30.3 Å². The Balaban J connectivity index is 2.66. The lowest BCUT2D eigenvalue weighted by molar-refractivity contribution is -0.117. The average molecular weight is 203 g/mol. The lowest BCUT2D eigenvalue weighted by Crippen LogP contribution is -2.31. The highest BCUT2D eigenvalue weighted by atomic mass is 16.1. The van der Waals surface area contributed by atoms with E-state index in [2.05, 4.69) is 11.4 Å². The predicted molar refractivity (Wildman–Crippen MR) is 56.6 cm³/mol. The van der Waals surface area contributed by atoms with Gasteiger partial charge in [-0.15, -0.1) is 0 Å². The van der Waals surface area contributed by atoms with Gasteiger partial charge in [0.2, 0.25) is 5.91 Å². The van der Waals surface area contributed by atoms with Crippen molar-refractivity contribution in [1.29, 1.82) is 5.26 Å². The maximum absolute atomic E-state index is 10.6. The second-order valence-electron chi connectivity index (χ2n) is 3.17. The molecule has 0 saturated heterocycles. The summed E-state index contributed by atoms with van der Waals surface area (Å²) in [6.07, 6.45) is 0.317. The molecule has 0 saturated carbocycles. The number of benzene rings is 1. The molecule has 0 aliphatic heterocycles. The molecule has 0 aliphatic rings. The fraction of sp³-hybridized carbons (Fsp3) is 0.273. The number of carbonyl (C=O) groups excluding carboxylic acids is 1. The van der Waals surface area contributed by atoms with E-state index in [1.165, 1.54) is 0 Å². The van der Waals surface area contributed by atoms with Crippen LogP contribution >= 0.6 is 0 Å². The fourth-order valence-corrected chi connectivity index (χ4v) is 1.31. The van der Waals surface area contributed by atoms with Gasteiger partial charge in [0.25, 0.3) is 0 Å². The molecular formula is C11H13N3O. The maximum Gasteiger partial charge on any atom is 0.231 e. The summed E-state index contributed by atoms with van der Waals surface area (Å²) in [5.41, 5.74) is 6.02. The van der Waals surface area contributed by atoms with Crippen LogP contribution in [0, 0.1) is 11.3 Å². The van der Waals surface area contributed by atoms with E-state index in [0.717, 1.165) is 5.56 Å². The van der Waals surface area contributed by atoms with E-state index in [4.69, 9.17) is 11.0 Å². The third-order valence-corrected chi connectivity index (χ3v) is 2.02. The van der Waals surface area contributed by atoms with Crippen LogP contribution in [0.4, 0.5) is 0 Å². The first-order chi connectivity index (χ1) is 7.24. The van der Waals surface area contributed by atoms with Crippen molar-refractivity contribution in [3.63, 3.8) is 0 Å². The number of nitrogens with zero attached hydrogens (tertiary/aromatic N) is 1. The Kier molecular flexibility index (Phi) is 4.32. The third-order valence-electron chi connectivity index (χ3n) is 2.02. The smallest absolute Gasteiger partial charge is 0.231 e. The molecule has 1 amide bonds. The van der Waals surface area contributed by atoms with Crippen LogP contribution in [0.25, 0.3) is 0 Å². The molecule has 0 aromatic heterocycles. The zero-order valence-corrected chi connectivity index (χ0v) is 8.31. The first-order valence-electron chi connectivity index (χ1n) is 4.67. The highest BCUT2D eigenvalue weighted by Crippen LogP contribution is 2.15. The van der Waals surface area contributed by atoms with E-state index in [1.54, 1.807) is 0 Å². The largest absolute Gasteiger partial charge is 0.369 e. The van der Waals surface area contributed by atoms with Gasteiger partial charge in [-0.05, 0) is 5.56 Å². The zero-order valence-electron chi connectivity index (χ0n) is 8.31. The second kappa shape index (κ2) is 5.78. The van der Waals surface area contributed by atoms with Gasteiger partial charge in [-0.3, -0.25) is 4.79 Å². The Labute approximate surface area is 88.7 Å². The monoisotopic (exact) mass is 203 g/mol. The molecule has 15 heavy (non-hydrogen) atoms. The molecule has 4 heteroatoms. The van der Waals surface area contributed by atoms with Gasteiger partial charge in [-0.2, -0.15) is 5.26 Å². The molecule has 78 valence electrons. The fourth-order valence-electron chi connectivity index (χ4n) is 1.31. The summed E-state index contributed by atoms with van der Waals surface area (Å²) >= 11 is 0. The van der Waals surface area contributed by atoms with E-state index in [-0.39, 0.29) is 12.6 Å². The molecule has 1 aromatic carbocycles. The summed E-state index contributed by atoms with van der Waals surface area (Å²) in [6, 6.07) is 11.5. The van der Waals surface area contributed by atoms with Crippen LogP contribution in [-0.2, 0) is 4.79 Å². The van der Waals surface area contributed by atoms with Crippen LogP contribution < -0.4 is 11.1 Å². The lowest BCUT2D eigenvalue weighted by atomic mass is 10.0. The number of amides is 1. The minimum absolute atomic E-state index is 0.0846. The van der Waals surface area contributed by atoms with Crippen molar-refractivity contribution in [3.05, 3.63) is 35.9 Å². The number of hydrogen-bond acceptors (Lipinski definition) is 3. The van der Waals surface area contributed by atoms with E-state index in [9.17, 15) is 4.79 Å². The molecule has 1 aromatic rings. The third kappa shape index (κ3) is 3.79. The van der Waals surface area contributed by atoms with E-state index in [0.29, 0.717) is 6.42 Å². The standard InChI is InChI=1S/C11H13N3O/c12-7-6-10(14-8-11(13)15)9-4-2-1-3-5-9/h1-5,10,14H,6,8H2,(H2,13,15). The molecule has 3 N–H and O–H groups in total. The number of nitriles is 1. The van der Waals surface area contributed by atoms with E-state index < -0.39 is 5.91 Å². The Morgan fingerprint density at radius 1 is 1.47 bits per heavy atom. The summed E-state index contributed by atoms with van der Waals surface area (Å²) in [6.45, 7) is 0.0846. The van der Waals surface area contributed by atoms with Crippen molar-refractivity contribution in [2.24, 2.45) is 5.73 Å². The van der Waals surface area contributed by atoms with Crippen molar-refractivity contribution >= 4 is 5.91 Å². The van der Waals surface area contributed by atoms with Gasteiger partial charge in [0.1, 0.15) is 0 Å². The average Bonchev–Trinajstić information content (AvgIpc) is 2.25. The summed E-state index contributed by atoms with van der Waals surface area (Å²) in [5, 5.41) is 11.6. The number of hydrogen-bond donors (Lipinski definition) is 2. The number of rotatable bonds is 5. The molecule has 1 unspecified atom stereocenters. The Morgan fingerprint density at radius 3 is 2.67 bits per heavy atom. The Morgan fingerprint density at radius 2 is 2.13 bits per heavy atom. The van der Waals surface area contributed by atoms with E-state index in [1.807, 2.05) is 30.3 Å². The summed E-state index contributed by atoms with van der Waals surface area (Å²) in [7, 11) is 0. The van der Waals surface area contributed by atoms with Crippen LogP contribution in [0.1, 0.15) is 18.0 Å². The quantitative estimate of drug-likeness (QED) is 0.740. The van der Waals surface area contributed by atoms with Gasteiger partial charge >= 0.3 is 0 Å². The van der Waals surface area contributed by atoms with Crippen molar-refractivity contribution in [2.75, 3.05) is 6.54 Å². The summed E-state index contributed by atoms with van der Waals surface area (Å²) in [4.78, 5) is 10.6. The minimum atomic E-state index is -0.422. The van der Waals surface area contributed by atoms with Crippen LogP contribution in [0.3, 0.4) is 0 Å². The molecule has 1 atom stereocenters. The highest BCUT2D eigenvalue weighted by Gasteiger charge is 2.10. The van der Waals surface area contributed by atoms with Crippen molar-refractivity contribution in [3.8, 4) is 6.07 Å². The van der Waals surface area contributed by atoms with Crippen molar-refractivity contribution < 1.29 is 4.79 Å². The van der Waals surface area contributed by atoms with Gasteiger partial charge in [-0.25, -0.2) is 0 Å². The molecule has 0 aliphatic carbocycles. The molecule has 0 bridgehead atoms. The lowest BCUT2D eigenvalue weighted by Gasteiger charge is -2.14. The van der Waals surface area contributed by atoms with Crippen molar-refractivity contribution in [1.82, 2.24) is 5.32 Å². The zero-order chi connectivity index (χ0) is 11.1. The van der Waals surface area contributed by atoms with Crippen LogP contribution in [0.5, 0.6) is 0 Å². The summed E-state index contributed by atoms with van der Waals surface area (Å²) in [5.74, 6) is -0.422. The van der Waals surface area contributed by atoms with Gasteiger partial charge in [-0.1, -0.05) is 30.3 Å². The Hall–Kier alpha value is -1.86. The topological polar surface area (TPSA) is 78.9 Å². The Bertz CT molecular complexity index is 356. The number of nitrogens with one attached hydrogen (secondary N) is 1. The first-order valence-corrected chi connectivity index (χ1v) is 4.67. The number of carbonyl (C=O) groups is 1.